The van der Waals surface area contributed by atoms with Crippen LogP contribution in [0.2, 0.25) is 0 Å². The zero-order valence-corrected chi connectivity index (χ0v) is 18.1. The number of pyridine rings is 1. The molecule has 0 fully saturated rings. The van der Waals surface area contributed by atoms with Crippen molar-refractivity contribution in [3.8, 4) is 11.5 Å². The summed E-state index contributed by atoms with van der Waals surface area (Å²) >= 11 is 5.17. The highest BCUT2D eigenvalue weighted by molar-refractivity contribution is 7.80. The van der Waals surface area contributed by atoms with Gasteiger partial charge in [-0.05, 0) is 61.1 Å². The molecular weight excluding hydrogens is 434 g/mol. The van der Waals surface area contributed by atoms with Crippen molar-refractivity contribution in [1.29, 1.82) is 0 Å². The maximum atomic E-state index is 13.7. The summed E-state index contributed by atoms with van der Waals surface area (Å²) < 4.78 is 32.5. The molecule has 2 aromatic carbocycles. The lowest BCUT2D eigenvalue weighted by Crippen LogP contribution is -2.25. The lowest BCUT2D eigenvalue weighted by Gasteiger charge is -2.12. The van der Waals surface area contributed by atoms with E-state index in [9.17, 15) is 13.6 Å². The lowest BCUT2D eigenvalue weighted by molar-refractivity contribution is 0.0948. The molecular formula is C23H22F2N4O2S. The number of carbonyl (C=O) groups excluding carboxylic acids is 1. The third kappa shape index (κ3) is 6.71. The average molecular weight is 457 g/mol. The van der Waals surface area contributed by atoms with Crippen molar-refractivity contribution in [3.63, 3.8) is 0 Å². The van der Waals surface area contributed by atoms with E-state index in [0.29, 0.717) is 23.7 Å². The fourth-order valence-corrected chi connectivity index (χ4v) is 2.91. The van der Waals surface area contributed by atoms with Crippen LogP contribution in [0.4, 0.5) is 20.2 Å². The molecule has 32 heavy (non-hydrogen) atoms. The quantitative estimate of drug-likeness (QED) is 0.307. The molecule has 0 bridgehead atoms. The van der Waals surface area contributed by atoms with E-state index < -0.39 is 11.6 Å². The van der Waals surface area contributed by atoms with Crippen LogP contribution in [0.25, 0.3) is 0 Å². The average Bonchev–Trinajstić information content (AvgIpc) is 2.77. The van der Waals surface area contributed by atoms with Gasteiger partial charge >= 0.3 is 0 Å². The molecule has 1 aromatic heterocycles. The van der Waals surface area contributed by atoms with Gasteiger partial charge in [0, 0.05) is 30.6 Å². The predicted octanol–water partition coefficient (Wildman–Crippen LogP) is 5.49. The van der Waals surface area contributed by atoms with Gasteiger partial charge in [-0.15, -0.1) is 0 Å². The van der Waals surface area contributed by atoms with E-state index in [-0.39, 0.29) is 22.4 Å². The summed E-state index contributed by atoms with van der Waals surface area (Å²) in [4.78, 5) is 16.2. The van der Waals surface area contributed by atoms with Gasteiger partial charge in [0.15, 0.2) is 5.11 Å². The van der Waals surface area contributed by atoms with Gasteiger partial charge in [-0.2, -0.15) is 0 Å². The molecule has 0 aliphatic rings. The third-order valence-corrected chi connectivity index (χ3v) is 4.51. The Bertz CT molecular complexity index is 1090. The number of nitrogens with zero attached hydrogens (tertiary/aromatic N) is 1. The summed E-state index contributed by atoms with van der Waals surface area (Å²) in [7, 11) is 0. The second-order valence-corrected chi connectivity index (χ2v) is 7.22. The summed E-state index contributed by atoms with van der Waals surface area (Å²) in [6.07, 6.45) is 3.41. The maximum Gasteiger partial charge on any atom is 0.270 e. The van der Waals surface area contributed by atoms with Crippen LogP contribution in [0.5, 0.6) is 11.5 Å². The number of hydrogen-bond donors (Lipinski definition) is 3. The van der Waals surface area contributed by atoms with Crippen LogP contribution in [-0.4, -0.2) is 22.5 Å². The van der Waals surface area contributed by atoms with E-state index in [1.54, 1.807) is 36.4 Å². The van der Waals surface area contributed by atoms with Crippen LogP contribution in [0, 0.1) is 11.6 Å². The molecule has 9 heteroatoms. The van der Waals surface area contributed by atoms with Gasteiger partial charge in [-0.1, -0.05) is 13.3 Å². The zero-order chi connectivity index (χ0) is 22.9. The van der Waals surface area contributed by atoms with E-state index in [4.69, 9.17) is 17.0 Å². The summed E-state index contributed by atoms with van der Waals surface area (Å²) in [6, 6.07) is 13.3. The Morgan fingerprint density at radius 2 is 1.81 bits per heavy atom. The molecule has 3 aromatic rings. The molecule has 0 unspecified atom stereocenters. The largest absolute Gasteiger partial charge is 0.457 e. The lowest BCUT2D eigenvalue weighted by atomic mass is 10.3. The van der Waals surface area contributed by atoms with Crippen LogP contribution in [0.15, 0.2) is 60.8 Å². The Morgan fingerprint density at radius 3 is 2.53 bits per heavy atom. The summed E-state index contributed by atoms with van der Waals surface area (Å²) in [5.41, 5.74) is 0.987. The standard InChI is InChI=1S/C23H22F2N4O2S/c1-2-3-11-27-22(30)21-14-18(10-12-26-21)31-17-7-5-16(6-8-17)28-23(32)29-20-9-4-15(24)13-19(20)25/h4-10,12-14H,2-3,11H2,1H3,(H,27,30)(H2,28,29,32). The number of amides is 1. The van der Waals surface area contributed by atoms with E-state index >= 15 is 0 Å². The van der Waals surface area contributed by atoms with Crippen molar-refractivity contribution in [2.75, 3.05) is 17.2 Å². The van der Waals surface area contributed by atoms with Crippen LogP contribution >= 0.6 is 12.2 Å². The van der Waals surface area contributed by atoms with Crippen LogP contribution < -0.4 is 20.7 Å². The highest BCUT2D eigenvalue weighted by Crippen LogP contribution is 2.23. The van der Waals surface area contributed by atoms with Gasteiger partial charge in [-0.25, -0.2) is 8.78 Å². The Kier molecular flexibility index (Phi) is 8.04. The number of aromatic nitrogens is 1. The number of ether oxygens (including phenoxy) is 1. The minimum atomic E-state index is -0.742. The van der Waals surface area contributed by atoms with Gasteiger partial charge in [0.2, 0.25) is 0 Å². The molecule has 3 rings (SSSR count). The molecule has 6 nitrogen and oxygen atoms in total. The monoisotopic (exact) mass is 456 g/mol. The predicted molar refractivity (Wildman–Crippen MR) is 124 cm³/mol. The smallest absolute Gasteiger partial charge is 0.270 e. The van der Waals surface area contributed by atoms with E-state index in [2.05, 4.69) is 27.9 Å². The first-order valence-electron chi connectivity index (χ1n) is 10.00. The molecule has 3 N–H and O–H groups in total. The number of anilines is 2. The number of unbranched alkanes of at least 4 members (excludes halogenated alkanes) is 1. The first-order chi connectivity index (χ1) is 15.4. The van der Waals surface area contributed by atoms with Gasteiger partial charge in [0.1, 0.15) is 28.8 Å². The summed E-state index contributed by atoms with van der Waals surface area (Å²) in [6.45, 7) is 2.65. The van der Waals surface area contributed by atoms with Crippen molar-refractivity contribution < 1.29 is 18.3 Å². The molecule has 166 valence electrons. The molecule has 1 amide bonds. The topological polar surface area (TPSA) is 75.3 Å². The third-order valence-electron chi connectivity index (χ3n) is 4.31. The maximum absolute atomic E-state index is 13.7. The molecule has 0 aliphatic heterocycles. The molecule has 0 saturated carbocycles. The van der Waals surface area contributed by atoms with Gasteiger partial charge in [0.25, 0.3) is 5.91 Å². The number of halogens is 2. The van der Waals surface area contributed by atoms with Gasteiger partial charge in [0.05, 0.1) is 5.69 Å². The van der Waals surface area contributed by atoms with Crippen LogP contribution in [-0.2, 0) is 0 Å². The number of carbonyl (C=O) groups is 1. The normalized spacial score (nSPS) is 10.3. The second kappa shape index (κ2) is 11.1. The summed E-state index contributed by atoms with van der Waals surface area (Å²) in [5.74, 6) is -0.635. The Morgan fingerprint density at radius 1 is 1.03 bits per heavy atom. The van der Waals surface area contributed by atoms with Crippen molar-refractivity contribution >= 4 is 34.6 Å². The minimum Gasteiger partial charge on any atom is -0.457 e. The number of benzene rings is 2. The van der Waals surface area contributed by atoms with Crippen molar-refractivity contribution in [2.45, 2.75) is 19.8 Å². The van der Waals surface area contributed by atoms with Gasteiger partial charge in [-0.3, -0.25) is 9.78 Å². The van der Waals surface area contributed by atoms with E-state index in [0.717, 1.165) is 25.0 Å². The Labute approximate surface area is 190 Å². The molecule has 0 radical (unpaired) electrons. The minimum absolute atomic E-state index is 0.0658. The number of thiocarbonyl (C=S) groups is 1. The number of nitrogens with one attached hydrogen (secondary N) is 3. The molecule has 0 aliphatic carbocycles. The summed E-state index contributed by atoms with van der Waals surface area (Å²) in [5, 5.41) is 8.56. The molecule has 0 atom stereocenters. The molecule has 0 spiro atoms. The van der Waals surface area contributed by atoms with Gasteiger partial charge < -0.3 is 20.7 Å². The highest BCUT2D eigenvalue weighted by Gasteiger charge is 2.09. The fourth-order valence-electron chi connectivity index (χ4n) is 2.69. The SMILES string of the molecule is CCCCNC(=O)c1cc(Oc2ccc(NC(=S)Nc3ccc(F)cc3F)cc2)ccn1. The first-order valence-corrected chi connectivity index (χ1v) is 10.4. The Hall–Kier alpha value is -3.59. The van der Waals surface area contributed by atoms with Crippen molar-refractivity contribution in [1.82, 2.24) is 10.3 Å². The first kappa shape index (κ1) is 23.1. The number of rotatable bonds is 8. The van der Waals surface area contributed by atoms with Crippen LogP contribution in [0.3, 0.4) is 0 Å². The highest BCUT2D eigenvalue weighted by atomic mass is 32.1. The van der Waals surface area contributed by atoms with Crippen molar-refractivity contribution in [2.24, 2.45) is 0 Å². The number of hydrogen-bond acceptors (Lipinski definition) is 4. The molecule has 1 heterocycles. The van der Waals surface area contributed by atoms with Crippen molar-refractivity contribution in [3.05, 3.63) is 78.1 Å². The fraction of sp³-hybridized carbons (Fsp3) is 0.174. The Balaban J connectivity index is 1.57. The zero-order valence-electron chi connectivity index (χ0n) is 17.3. The second-order valence-electron chi connectivity index (χ2n) is 6.82. The van der Waals surface area contributed by atoms with E-state index in [1.165, 1.54) is 12.3 Å². The van der Waals surface area contributed by atoms with E-state index in [1.807, 2.05) is 0 Å². The van der Waals surface area contributed by atoms with Crippen LogP contribution in [0.1, 0.15) is 30.3 Å². The molecule has 0 saturated heterocycles.